The Morgan fingerprint density at radius 1 is 0.974 bits per heavy atom. The summed E-state index contributed by atoms with van der Waals surface area (Å²) in [5.41, 5.74) is 2.27. The standard InChI is InChI=1S/C31H34N2O5/c1-3-29(34)33(2,24-15-16-24)19-20-38-25-17-13-22(14-18-25)21-28(31(36)37)32-27-12-8-7-11-26(27)30(35)23-9-5-4-6-10-23/h4-14,17-18,24,28H,3,15-16,19-21H2,1-2H3,(H-,32,35,36,37)/p+1/t28?,33-/m0/s1. The molecule has 1 aliphatic carbocycles. The van der Waals surface area contributed by atoms with Crippen molar-refractivity contribution in [1.29, 1.82) is 0 Å². The molecule has 1 fully saturated rings. The van der Waals surface area contributed by atoms with Crippen molar-refractivity contribution in [3.05, 3.63) is 95.6 Å². The van der Waals surface area contributed by atoms with Crippen molar-refractivity contribution < 1.29 is 28.7 Å². The van der Waals surface area contributed by atoms with Gasteiger partial charge in [-0.1, -0.05) is 61.5 Å². The van der Waals surface area contributed by atoms with E-state index in [-0.39, 0.29) is 18.1 Å². The van der Waals surface area contributed by atoms with Gasteiger partial charge in [-0.3, -0.25) is 9.28 Å². The first-order valence-electron chi connectivity index (χ1n) is 13.1. The lowest BCUT2D eigenvalue weighted by atomic mass is 10.00. The summed E-state index contributed by atoms with van der Waals surface area (Å²) in [5, 5.41) is 13.0. The molecule has 7 nitrogen and oxygen atoms in total. The number of nitrogens with zero attached hydrogens (tertiary/aromatic N) is 1. The van der Waals surface area contributed by atoms with Gasteiger partial charge in [-0.05, 0) is 29.8 Å². The lowest BCUT2D eigenvalue weighted by Gasteiger charge is -2.31. The molecule has 0 spiro atoms. The van der Waals surface area contributed by atoms with Crippen LogP contribution in [0.4, 0.5) is 5.69 Å². The Labute approximate surface area is 223 Å². The third-order valence-electron chi connectivity index (χ3n) is 7.25. The Balaban J connectivity index is 1.39. The van der Waals surface area contributed by atoms with E-state index >= 15 is 0 Å². The quantitative estimate of drug-likeness (QED) is 0.247. The van der Waals surface area contributed by atoms with Crippen molar-refractivity contribution in [3.63, 3.8) is 0 Å². The van der Waals surface area contributed by atoms with Crippen LogP contribution < -0.4 is 10.1 Å². The van der Waals surface area contributed by atoms with E-state index < -0.39 is 12.0 Å². The minimum absolute atomic E-state index is 0.170. The van der Waals surface area contributed by atoms with Crippen molar-refractivity contribution in [2.75, 3.05) is 25.5 Å². The molecule has 198 valence electrons. The minimum Gasteiger partial charge on any atom is -0.488 e. The maximum atomic E-state index is 13.0. The van der Waals surface area contributed by atoms with Crippen LogP contribution in [-0.2, 0) is 16.0 Å². The van der Waals surface area contributed by atoms with E-state index in [2.05, 4.69) is 5.32 Å². The number of carboxylic acid groups (broad SMARTS) is 1. The lowest BCUT2D eigenvalue weighted by Crippen LogP contribution is -2.53. The highest BCUT2D eigenvalue weighted by molar-refractivity contribution is 6.12. The van der Waals surface area contributed by atoms with Crippen LogP contribution in [0.5, 0.6) is 5.75 Å². The zero-order valence-corrected chi connectivity index (χ0v) is 21.9. The SMILES string of the molecule is CCC(=O)[N@@+](C)(CCOc1ccc(CC(Nc2ccccc2C(=O)c2ccccc2)C(=O)O)cc1)C1CC1. The van der Waals surface area contributed by atoms with E-state index in [1.807, 2.05) is 44.3 Å². The second-order valence-corrected chi connectivity index (χ2v) is 9.94. The van der Waals surface area contributed by atoms with E-state index in [0.29, 0.717) is 52.7 Å². The maximum Gasteiger partial charge on any atom is 0.326 e. The summed E-state index contributed by atoms with van der Waals surface area (Å²) in [7, 11) is 2.00. The molecule has 38 heavy (non-hydrogen) atoms. The molecule has 0 heterocycles. The fourth-order valence-corrected chi connectivity index (χ4v) is 4.77. The summed E-state index contributed by atoms with van der Waals surface area (Å²) >= 11 is 0. The number of para-hydroxylation sites is 1. The lowest BCUT2D eigenvalue weighted by molar-refractivity contribution is -0.846. The molecule has 7 heteroatoms. The van der Waals surface area contributed by atoms with Crippen LogP contribution in [0.1, 0.15) is 47.7 Å². The van der Waals surface area contributed by atoms with Crippen LogP contribution in [0, 0.1) is 0 Å². The number of aliphatic carboxylic acids is 1. The Morgan fingerprint density at radius 3 is 2.26 bits per heavy atom. The average Bonchev–Trinajstić information content (AvgIpc) is 3.80. The minimum atomic E-state index is -1.01. The molecule has 0 aliphatic heterocycles. The van der Waals surface area contributed by atoms with Gasteiger partial charge < -0.3 is 15.2 Å². The predicted octanol–water partition coefficient (Wildman–Crippen LogP) is 4.95. The first kappa shape index (κ1) is 27.1. The number of carbonyl (C=O) groups is 3. The maximum absolute atomic E-state index is 13.0. The van der Waals surface area contributed by atoms with Gasteiger partial charge in [0.2, 0.25) is 0 Å². The normalized spacial score (nSPS) is 15.2. The van der Waals surface area contributed by atoms with E-state index in [1.165, 1.54) is 0 Å². The van der Waals surface area contributed by atoms with Crippen LogP contribution in [0.25, 0.3) is 0 Å². The van der Waals surface area contributed by atoms with Gasteiger partial charge in [0, 0.05) is 36.1 Å². The Hall–Kier alpha value is -3.97. The molecule has 1 aliphatic rings. The first-order chi connectivity index (χ1) is 18.3. The van der Waals surface area contributed by atoms with Gasteiger partial charge >= 0.3 is 11.9 Å². The number of nitrogens with one attached hydrogen (secondary N) is 1. The van der Waals surface area contributed by atoms with Crippen LogP contribution in [0.2, 0.25) is 0 Å². The van der Waals surface area contributed by atoms with E-state index in [1.54, 1.807) is 48.5 Å². The van der Waals surface area contributed by atoms with Crippen molar-refractivity contribution in [2.45, 2.75) is 44.7 Å². The molecule has 3 aromatic carbocycles. The van der Waals surface area contributed by atoms with Crippen molar-refractivity contribution in [3.8, 4) is 5.75 Å². The zero-order valence-electron chi connectivity index (χ0n) is 21.9. The highest BCUT2D eigenvalue weighted by atomic mass is 16.5. The molecule has 1 unspecified atom stereocenters. The number of anilines is 1. The largest absolute Gasteiger partial charge is 0.488 e. The first-order valence-corrected chi connectivity index (χ1v) is 13.1. The number of hydrogen-bond donors (Lipinski definition) is 2. The van der Waals surface area contributed by atoms with Gasteiger partial charge in [-0.25, -0.2) is 9.59 Å². The number of ether oxygens (including phenoxy) is 1. The molecule has 0 bridgehead atoms. The van der Waals surface area contributed by atoms with E-state index in [0.717, 1.165) is 18.4 Å². The van der Waals surface area contributed by atoms with E-state index in [9.17, 15) is 19.5 Å². The van der Waals surface area contributed by atoms with Gasteiger partial charge in [0.1, 0.15) is 24.9 Å². The summed E-state index contributed by atoms with van der Waals surface area (Å²) in [6.07, 6.45) is 2.91. The summed E-state index contributed by atoms with van der Waals surface area (Å²) in [5.74, 6) is -0.259. The van der Waals surface area contributed by atoms with Gasteiger partial charge in [0.25, 0.3) is 0 Å². The number of carboxylic acids is 1. The number of ketones is 1. The monoisotopic (exact) mass is 515 g/mol. The smallest absolute Gasteiger partial charge is 0.326 e. The fraction of sp³-hybridized carbons (Fsp3) is 0.323. The molecular formula is C31H35N2O5+. The Morgan fingerprint density at radius 2 is 1.63 bits per heavy atom. The highest BCUT2D eigenvalue weighted by Gasteiger charge is 2.45. The van der Waals surface area contributed by atoms with Gasteiger partial charge in [0.15, 0.2) is 5.78 Å². The van der Waals surface area contributed by atoms with Crippen molar-refractivity contribution >= 4 is 23.3 Å². The molecule has 1 saturated carbocycles. The van der Waals surface area contributed by atoms with Crippen molar-refractivity contribution in [1.82, 2.24) is 0 Å². The second kappa shape index (κ2) is 12.0. The number of quaternary nitrogens is 1. The molecule has 2 atom stereocenters. The molecule has 0 aromatic heterocycles. The van der Waals surface area contributed by atoms with Gasteiger partial charge in [-0.15, -0.1) is 0 Å². The predicted molar refractivity (Wildman–Crippen MR) is 146 cm³/mol. The van der Waals surface area contributed by atoms with Gasteiger partial charge in [0.05, 0.1) is 19.5 Å². The highest BCUT2D eigenvalue weighted by Crippen LogP contribution is 2.33. The summed E-state index contributed by atoms with van der Waals surface area (Å²) in [6.45, 7) is 2.97. The van der Waals surface area contributed by atoms with Crippen LogP contribution in [0.3, 0.4) is 0 Å². The van der Waals surface area contributed by atoms with Gasteiger partial charge in [-0.2, -0.15) is 0 Å². The summed E-state index contributed by atoms with van der Waals surface area (Å²) in [6, 6.07) is 22.7. The van der Waals surface area contributed by atoms with Crippen molar-refractivity contribution in [2.24, 2.45) is 0 Å². The van der Waals surface area contributed by atoms with E-state index in [4.69, 9.17) is 4.74 Å². The van der Waals surface area contributed by atoms with Crippen LogP contribution in [-0.4, -0.2) is 59.5 Å². The molecule has 0 saturated heterocycles. The Bertz CT molecular complexity index is 1270. The van der Waals surface area contributed by atoms with Crippen LogP contribution in [0.15, 0.2) is 78.9 Å². The molecule has 4 rings (SSSR count). The topological polar surface area (TPSA) is 92.7 Å². The van der Waals surface area contributed by atoms with Crippen LogP contribution >= 0.6 is 0 Å². The number of likely N-dealkylation sites (N-methyl/N-ethyl adjacent to an activating group) is 1. The summed E-state index contributed by atoms with van der Waals surface area (Å²) in [4.78, 5) is 37.6. The number of rotatable bonds is 13. The number of benzene rings is 3. The third kappa shape index (κ3) is 6.47. The second-order valence-electron chi connectivity index (χ2n) is 9.94. The Kier molecular flexibility index (Phi) is 8.59. The number of hydrogen-bond acceptors (Lipinski definition) is 5. The summed E-state index contributed by atoms with van der Waals surface area (Å²) < 4.78 is 6.35. The molecule has 1 amide bonds. The number of carbonyl (C=O) groups excluding carboxylic acids is 2. The number of amides is 1. The molecule has 3 aromatic rings. The molecule has 2 N–H and O–H groups in total. The third-order valence-corrected chi connectivity index (χ3v) is 7.25. The fourth-order valence-electron chi connectivity index (χ4n) is 4.77. The average molecular weight is 516 g/mol. The zero-order chi connectivity index (χ0) is 27.1. The molecular weight excluding hydrogens is 480 g/mol. The molecule has 0 radical (unpaired) electrons.